The summed E-state index contributed by atoms with van der Waals surface area (Å²) in [6.45, 7) is 0. The Morgan fingerprint density at radius 1 is 1.20 bits per heavy atom. The van der Waals surface area contributed by atoms with Gasteiger partial charge in [0.15, 0.2) is 0 Å². The van der Waals surface area contributed by atoms with Crippen LogP contribution in [0, 0.1) is 0 Å². The van der Waals surface area contributed by atoms with Gasteiger partial charge >= 0.3 is 27.5 Å². The molecule has 0 aromatic rings. The summed E-state index contributed by atoms with van der Waals surface area (Å²) < 4.78 is 8.36. The summed E-state index contributed by atoms with van der Waals surface area (Å²) in [7, 11) is 0. The molecule has 1 nitrogen and oxygen atoms in total. The zero-order chi connectivity index (χ0) is 2.00. The third-order valence-corrected chi connectivity index (χ3v) is 0. The first-order chi connectivity index (χ1) is 1.00. The molecule has 0 aromatic heterocycles. The maximum Gasteiger partial charge on any atom is 0 e. The van der Waals surface area contributed by atoms with Crippen molar-refractivity contribution < 1.29 is 68.6 Å². The van der Waals surface area contributed by atoms with Crippen LogP contribution in [0.2, 0.25) is 0 Å². The molecule has 27 valence electrons. The van der Waals surface area contributed by atoms with E-state index in [-0.39, 0.29) is 90.5 Å². The van der Waals surface area contributed by atoms with Crippen molar-refractivity contribution in [1.82, 2.24) is 0 Å². The molecule has 0 fully saturated rings. The third kappa shape index (κ3) is 19.8. The fraction of sp³-hybridized carbons (Fsp3) is 0. The molecular formula is BiMoNbOTa. The molecule has 0 rings (SSSR count). The van der Waals surface area contributed by atoms with Crippen LogP contribution in [0.1, 0.15) is 0 Å². The van der Waals surface area contributed by atoms with E-state index in [0.717, 1.165) is 0 Å². The van der Waals surface area contributed by atoms with Gasteiger partial charge in [0.25, 0.3) is 0 Å². The van der Waals surface area contributed by atoms with Crippen LogP contribution >= 0.6 is 0 Å². The van der Waals surface area contributed by atoms with Crippen LogP contribution in [0.4, 0.5) is 0 Å². The van der Waals surface area contributed by atoms with Crippen molar-refractivity contribution in [3.63, 3.8) is 0 Å². The van der Waals surface area contributed by atoms with Crippen LogP contribution in [-0.4, -0.2) is 24.7 Å². The largest absolute Gasteiger partial charge is 0 e. The molecule has 0 heterocycles. The van der Waals surface area contributed by atoms with E-state index < -0.39 is 0 Å². The maximum atomic E-state index is 8.36. The summed E-state index contributed by atoms with van der Waals surface area (Å²) >= 11 is 0.194. The molecule has 0 amide bonds. The quantitative estimate of drug-likeness (QED) is 0.346. The smallest absolute Gasteiger partial charge is 0 e. The van der Waals surface area contributed by atoms with Gasteiger partial charge in [-0.2, -0.15) is 0 Å². The number of hydrogen-bond acceptors (Lipinski definition) is 1. The molecule has 0 spiro atoms. The molecule has 0 saturated heterocycles. The molecule has 0 bridgehead atoms. The van der Waals surface area contributed by atoms with Gasteiger partial charge in [0.2, 0.25) is 0 Å². The Kier molecular flexibility index (Phi) is 143. The summed E-state index contributed by atoms with van der Waals surface area (Å²) in [6.07, 6.45) is 0. The summed E-state index contributed by atoms with van der Waals surface area (Å²) in [5.41, 5.74) is 0. The molecular weight excluding hydrogens is 595 g/mol. The minimum Gasteiger partial charge on any atom is 0 e. The first-order valence-electron chi connectivity index (χ1n) is 0.183. The van der Waals surface area contributed by atoms with Gasteiger partial charge in [-0.15, -0.1) is 0 Å². The summed E-state index contributed by atoms with van der Waals surface area (Å²) in [5.74, 6) is 0. The minimum absolute atomic E-state index is 0. The predicted octanol–water partition coefficient (Wildman–Crippen LogP) is -0.507. The third-order valence-electron chi connectivity index (χ3n) is 0. The van der Waals surface area contributed by atoms with E-state index in [4.69, 9.17) is 2.81 Å². The molecule has 0 N–H and O–H groups in total. The van der Waals surface area contributed by atoms with Crippen LogP contribution < -0.4 is 0 Å². The molecule has 0 aliphatic heterocycles. The number of rotatable bonds is 0. The van der Waals surface area contributed by atoms with Crippen molar-refractivity contribution in [2.75, 3.05) is 0 Å². The SMILES string of the molecule is [Mo].[Nb].[O]=[Bi].[Ta]. The molecule has 5 heteroatoms. The van der Waals surface area contributed by atoms with Gasteiger partial charge in [-0.1, -0.05) is 0 Å². The normalized spacial score (nSPS) is 0.800. The standard InChI is InChI=1S/Bi.Mo.Nb.O.Ta. The summed E-state index contributed by atoms with van der Waals surface area (Å²) in [6, 6.07) is 0. The van der Waals surface area contributed by atoms with Gasteiger partial charge in [-0.25, -0.2) is 0 Å². The van der Waals surface area contributed by atoms with Crippen LogP contribution in [-0.2, 0) is 68.6 Å². The van der Waals surface area contributed by atoms with E-state index in [9.17, 15) is 0 Å². The number of hydrogen-bond donors (Lipinski definition) is 0. The zero-order valence-electron chi connectivity index (χ0n) is 2.16. The predicted molar refractivity (Wildman–Crippen MR) is 6.44 cm³/mol. The van der Waals surface area contributed by atoms with E-state index in [2.05, 4.69) is 0 Å². The molecule has 0 saturated carbocycles. The van der Waals surface area contributed by atoms with E-state index in [1.54, 1.807) is 0 Å². The average molecular weight is 595 g/mol. The molecule has 0 aromatic carbocycles. The minimum atomic E-state index is 0. The first kappa shape index (κ1) is 24.8. The molecule has 0 unspecified atom stereocenters. The van der Waals surface area contributed by atoms with E-state index in [1.165, 1.54) is 0 Å². The Morgan fingerprint density at radius 3 is 1.20 bits per heavy atom. The molecule has 3 radical (unpaired) electrons. The Labute approximate surface area is 91.6 Å². The van der Waals surface area contributed by atoms with Gasteiger partial charge in [0.05, 0.1) is 0 Å². The topological polar surface area (TPSA) is 17.1 Å². The van der Waals surface area contributed by atoms with Gasteiger partial charge in [0, 0.05) is 65.8 Å². The van der Waals surface area contributed by atoms with Crippen LogP contribution in [0.3, 0.4) is 0 Å². The van der Waals surface area contributed by atoms with Gasteiger partial charge in [-0.3, -0.25) is 0 Å². The van der Waals surface area contributed by atoms with E-state index in [1.807, 2.05) is 0 Å². The average Bonchev–Trinajstić information content (AvgIpc) is 1.00. The van der Waals surface area contributed by atoms with Crippen molar-refractivity contribution in [1.29, 1.82) is 0 Å². The van der Waals surface area contributed by atoms with Crippen LogP contribution in [0.5, 0.6) is 0 Å². The van der Waals surface area contributed by atoms with Gasteiger partial charge in [0.1, 0.15) is 0 Å². The van der Waals surface area contributed by atoms with Crippen molar-refractivity contribution >= 4 is 24.7 Å². The summed E-state index contributed by atoms with van der Waals surface area (Å²) in [4.78, 5) is 0. The van der Waals surface area contributed by atoms with Crippen molar-refractivity contribution in [3.05, 3.63) is 0 Å². The Morgan fingerprint density at radius 2 is 1.20 bits per heavy atom. The van der Waals surface area contributed by atoms with Crippen molar-refractivity contribution in [2.45, 2.75) is 0 Å². The van der Waals surface area contributed by atoms with Gasteiger partial charge < -0.3 is 0 Å². The Hall–Kier alpha value is 2.85. The monoisotopic (exact) mass is 597 g/mol. The fourth-order valence-corrected chi connectivity index (χ4v) is 0. The second-order valence-electron chi connectivity index (χ2n) is 0. The Bertz CT molecular complexity index is 11.6. The van der Waals surface area contributed by atoms with Crippen LogP contribution in [0.25, 0.3) is 0 Å². The van der Waals surface area contributed by atoms with E-state index in [0.29, 0.717) is 0 Å². The second-order valence-corrected chi connectivity index (χ2v) is 0. The zero-order valence-corrected chi connectivity index (χ0v) is 13.1. The second kappa shape index (κ2) is 28.8. The fourth-order valence-electron chi connectivity index (χ4n) is 0. The van der Waals surface area contributed by atoms with Crippen molar-refractivity contribution in [2.24, 2.45) is 0 Å². The molecule has 0 aliphatic carbocycles. The maximum absolute atomic E-state index is 8.36. The first-order valence-corrected chi connectivity index (χ1v) is 1.60. The summed E-state index contributed by atoms with van der Waals surface area (Å²) in [5, 5.41) is 0. The Balaban J connectivity index is -0.00000000167. The van der Waals surface area contributed by atoms with Gasteiger partial charge in [-0.05, 0) is 0 Å². The molecule has 5 heavy (non-hydrogen) atoms. The van der Waals surface area contributed by atoms with Crippen LogP contribution in [0.15, 0.2) is 0 Å². The van der Waals surface area contributed by atoms with E-state index >= 15 is 0 Å². The molecule has 0 aliphatic rings. The molecule has 0 atom stereocenters. The van der Waals surface area contributed by atoms with Crippen molar-refractivity contribution in [3.8, 4) is 0 Å².